The fourth-order valence-corrected chi connectivity index (χ4v) is 2.63. The molecule has 1 aromatic heterocycles. The molecule has 2 heterocycles. The van der Waals surface area contributed by atoms with Crippen LogP contribution in [-0.4, -0.2) is 17.6 Å². The van der Waals surface area contributed by atoms with E-state index in [4.69, 9.17) is 16.3 Å². The van der Waals surface area contributed by atoms with Crippen molar-refractivity contribution in [2.24, 2.45) is 0 Å². The van der Waals surface area contributed by atoms with Gasteiger partial charge < -0.3 is 15.4 Å². The molecule has 120 valence electrons. The molecular formula is C17H18ClN3O2. The van der Waals surface area contributed by atoms with Gasteiger partial charge >= 0.3 is 6.03 Å². The number of halogens is 1. The summed E-state index contributed by atoms with van der Waals surface area (Å²) in [6.07, 6.45) is 2.49. The van der Waals surface area contributed by atoms with Crippen LogP contribution in [0.1, 0.15) is 29.8 Å². The minimum atomic E-state index is -0.272. The second kappa shape index (κ2) is 6.98. The molecule has 0 radical (unpaired) electrons. The van der Waals surface area contributed by atoms with E-state index in [0.29, 0.717) is 23.9 Å². The minimum absolute atomic E-state index is 0.124. The average Bonchev–Trinajstić information content (AvgIpc) is 2.55. The maximum absolute atomic E-state index is 12.1. The average molecular weight is 332 g/mol. The van der Waals surface area contributed by atoms with Crippen LogP contribution in [0.4, 0.5) is 10.5 Å². The van der Waals surface area contributed by atoms with E-state index < -0.39 is 0 Å². The number of carbonyl (C=O) groups excluding carboxylic acids is 1. The predicted molar refractivity (Wildman–Crippen MR) is 89.6 cm³/mol. The highest BCUT2D eigenvalue weighted by Crippen LogP contribution is 2.19. The van der Waals surface area contributed by atoms with E-state index in [0.717, 1.165) is 23.2 Å². The molecule has 1 atom stereocenters. The second-order valence-corrected chi connectivity index (χ2v) is 5.94. The smallest absolute Gasteiger partial charge is 0.319 e. The number of nitrogens with one attached hydrogen (secondary N) is 2. The van der Waals surface area contributed by atoms with Crippen molar-refractivity contribution in [1.29, 1.82) is 0 Å². The van der Waals surface area contributed by atoms with E-state index in [1.54, 1.807) is 18.3 Å². The summed E-state index contributed by atoms with van der Waals surface area (Å²) in [5.41, 5.74) is 3.72. The zero-order valence-corrected chi connectivity index (χ0v) is 13.6. The Hall–Kier alpha value is -2.11. The van der Waals surface area contributed by atoms with E-state index in [1.165, 1.54) is 0 Å². The minimum Gasteiger partial charge on any atom is -0.376 e. The number of hydrogen-bond donors (Lipinski definition) is 2. The second-order valence-electron chi connectivity index (χ2n) is 5.50. The first-order valence-electron chi connectivity index (χ1n) is 7.50. The lowest BCUT2D eigenvalue weighted by molar-refractivity contribution is 0.109. The predicted octanol–water partition coefficient (Wildman–Crippen LogP) is 3.69. The zero-order chi connectivity index (χ0) is 16.2. The fourth-order valence-electron chi connectivity index (χ4n) is 2.51. The molecule has 2 amide bonds. The van der Waals surface area contributed by atoms with Crippen molar-refractivity contribution in [1.82, 2.24) is 10.3 Å². The number of hydrogen-bond acceptors (Lipinski definition) is 3. The van der Waals surface area contributed by atoms with Crippen LogP contribution in [0.5, 0.6) is 0 Å². The number of anilines is 1. The van der Waals surface area contributed by atoms with Crippen molar-refractivity contribution in [3.05, 3.63) is 58.4 Å². The van der Waals surface area contributed by atoms with Gasteiger partial charge in [-0.1, -0.05) is 23.7 Å². The maximum Gasteiger partial charge on any atom is 0.319 e. The van der Waals surface area contributed by atoms with Crippen LogP contribution in [-0.2, 0) is 17.8 Å². The van der Waals surface area contributed by atoms with E-state index in [2.05, 4.69) is 15.6 Å². The third kappa shape index (κ3) is 4.00. The molecule has 0 bridgehead atoms. The summed E-state index contributed by atoms with van der Waals surface area (Å²) >= 11 is 5.87. The van der Waals surface area contributed by atoms with Gasteiger partial charge in [0.25, 0.3) is 0 Å². The van der Waals surface area contributed by atoms with E-state index in [-0.39, 0.29) is 12.1 Å². The largest absolute Gasteiger partial charge is 0.376 e. The van der Waals surface area contributed by atoms with Crippen molar-refractivity contribution >= 4 is 23.3 Å². The maximum atomic E-state index is 12.1. The van der Waals surface area contributed by atoms with Gasteiger partial charge in [-0.15, -0.1) is 0 Å². The standard InChI is InChI=1S/C17H18ClN3O2/c1-11(12-2-4-14(18)5-3-12)20-17(22)21-15-8-13-10-23-7-6-16(13)19-9-15/h2-5,8-9,11H,6-7,10H2,1H3,(H2,20,21,22). The Balaban J connectivity index is 1.61. The van der Waals surface area contributed by atoms with Crippen LogP contribution >= 0.6 is 11.6 Å². The number of benzene rings is 1. The topological polar surface area (TPSA) is 63.2 Å². The molecule has 1 aliphatic heterocycles. The Morgan fingerprint density at radius 2 is 2.13 bits per heavy atom. The molecule has 0 aliphatic carbocycles. The van der Waals surface area contributed by atoms with Gasteiger partial charge in [0.15, 0.2) is 0 Å². The molecule has 1 aromatic carbocycles. The Morgan fingerprint density at radius 3 is 2.91 bits per heavy atom. The number of urea groups is 1. The SMILES string of the molecule is CC(NC(=O)Nc1cnc2c(c1)COCC2)c1ccc(Cl)cc1. The summed E-state index contributed by atoms with van der Waals surface area (Å²) in [7, 11) is 0. The highest BCUT2D eigenvalue weighted by atomic mass is 35.5. The van der Waals surface area contributed by atoms with Gasteiger partial charge in [-0.25, -0.2) is 4.79 Å². The number of rotatable bonds is 3. The first kappa shape index (κ1) is 15.8. The van der Waals surface area contributed by atoms with Gasteiger partial charge in [-0.2, -0.15) is 0 Å². The number of carbonyl (C=O) groups is 1. The lowest BCUT2D eigenvalue weighted by Crippen LogP contribution is -2.31. The van der Waals surface area contributed by atoms with Crippen LogP contribution in [0.25, 0.3) is 0 Å². The summed E-state index contributed by atoms with van der Waals surface area (Å²) in [5.74, 6) is 0. The first-order valence-corrected chi connectivity index (χ1v) is 7.88. The summed E-state index contributed by atoms with van der Waals surface area (Å²) < 4.78 is 5.41. The Labute approximate surface area is 140 Å². The lowest BCUT2D eigenvalue weighted by Gasteiger charge is -2.18. The summed E-state index contributed by atoms with van der Waals surface area (Å²) in [6, 6.07) is 8.91. The van der Waals surface area contributed by atoms with Crippen molar-refractivity contribution in [3.63, 3.8) is 0 Å². The molecule has 1 aliphatic rings. The van der Waals surface area contributed by atoms with E-state index >= 15 is 0 Å². The summed E-state index contributed by atoms with van der Waals surface area (Å²) in [4.78, 5) is 16.5. The fraction of sp³-hybridized carbons (Fsp3) is 0.294. The molecule has 2 aromatic rings. The number of aromatic nitrogens is 1. The molecule has 1 unspecified atom stereocenters. The molecule has 0 saturated heterocycles. The molecule has 2 N–H and O–H groups in total. The van der Waals surface area contributed by atoms with Crippen LogP contribution in [0.3, 0.4) is 0 Å². The van der Waals surface area contributed by atoms with Gasteiger partial charge in [-0.3, -0.25) is 4.98 Å². The molecule has 5 nitrogen and oxygen atoms in total. The molecule has 0 fully saturated rings. The van der Waals surface area contributed by atoms with Crippen LogP contribution in [0, 0.1) is 0 Å². The van der Waals surface area contributed by atoms with Crippen molar-refractivity contribution in [2.45, 2.75) is 26.0 Å². The summed E-state index contributed by atoms with van der Waals surface area (Å²) in [5, 5.41) is 6.38. The highest BCUT2D eigenvalue weighted by Gasteiger charge is 2.13. The van der Waals surface area contributed by atoms with E-state index in [1.807, 2.05) is 25.1 Å². The van der Waals surface area contributed by atoms with Crippen molar-refractivity contribution < 1.29 is 9.53 Å². The number of ether oxygens (including phenoxy) is 1. The number of amides is 2. The van der Waals surface area contributed by atoms with Gasteiger partial charge in [0.1, 0.15) is 0 Å². The van der Waals surface area contributed by atoms with Gasteiger partial charge in [0.2, 0.25) is 0 Å². The first-order chi connectivity index (χ1) is 11.1. The monoisotopic (exact) mass is 331 g/mol. The Kier molecular flexibility index (Phi) is 4.79. The van der Waals surface area contributed by atoms with E-state index in [9.17, 15) is 4.79 Å². The third-order valence-corrected chi connectivity index (χ3v) is 4.03. The molecule has 0 saturated carbocycles. The number of nitrogens with zero attached hydrogens (tertiary/aromatic N) is 1. The molecule has 0 spiro atoms. The van der Waals surface area contributed by atoms with Gasteiger partial charge in [0.05, 0.1) is 31.1 Å². The molecule has 3 rings (SSSR count). The zero-order valence-electron chi connectivity index (χ0n) is 12.8. The molecular weight excluding hydrogens is 314 g/mol. The Morgan fingerprint density at radius 1 is 1.35 bits per heavy atom. The van der Waals surface area contributed by atoms with Crippen LogP contribution in [0.15, 0.2) is 36.5 Å². The normalized spacial score (nSPS) is 14.7. The van der Waals surface area contributed by atoms with Crippen molar-refractivity contribution in [2.75, 3.05) is 11.9 Å². The molecule has 23 heavy (non-hydrogen) atoms. The third-order valence-electron chi connectivity index (χ3n) is 3.78. The molecule has 6 heteroatoms. The summed E-state index contributed by atoms with van der Waals surface area (Å²) in [6.45, 7) is 3.16. The lowest BCUT2D eigenvalue weighted by atomic mass is 10.1. The Bertz CT molecular complexity index is 703. The van der Waals surface area contributed by atoms with Gasteiger partial charge in [0, 0.05) is 22.7 Å². The van der Waals surface area contributed by atoms with Crippen LogP contribution < -0.4 is 10.6 Å². The van der Waals surface area contributed by atoms with Crippen molar-refractivity contribution in [3.8, 4) is 0 Å². The quantitative estimate of drug-likeness (QED) is 0.901. The highest BCUT2D eigenvalue weighted by molar-refractivity contribution is 6.30. The van der Waals surface area contributed by atoms with Gasteiger partial charge in [-0.05, 0) is 30.7 Å². The van der Waals surface area contributed by atoms with Crippen LogP contribution in [0.2, 0.25) is 5.02 Å². The number of pyridine rings is 1. The number of fused-ring (bicyclic) bond motifs is 1.